The number of aryl methyl sites for hydroxylation is 2. The predicted molar refractivity (Wildman–Crippen MR) is 311 cm³/mol. The Morgan fingerprint density at radius 2 is 1.12 bits per heavy atom. The van der Waals surface area contributed by atoms with E-state index in [9.17, 15) is 9.59 Å². The van der Waals surface area contributed by atoms with E-state index in [1.165, 1.54) is 27.8 Å². The second-order valence-electron chi connectivity index (χ2n) is 19.3. The van der Waals surface area contributed by atoms with E-state index in [1.807, 2.05) is 91.0 Å². The molecule has 81 heavy (non-hydrogen) atoms. The maximum absolute atomic E-state index is 13.3. The molecule has 0 heterocycles. The van der Waals surface area contributed by atoms with Crippen LogP contribution in [0, 0.1) is 0 Å². The summed E-state index contributed by atoms with van der Waals surface area (Å²) in [5.41, 5.74) is 11.2. The first-order valence-corrected chi connectivity index (χ1v) is 26.6. The van der Waals surface area contributed by atoms with Crippen molar-refractivity contribution in [3.63, 3.8) is 0 Å². The van der Waals surface area contributed by atoms with E-state index in [1.54, 1.807) is 95.2 Å². The van der Waals surface area contributed by atoms with Crippen molar-refractivity contribution in [3.05, 3.63) is 238 Å². The minimum Gasteiger partial charge on any atom is -0.497 e. The molecule has 0 fully saturated rings. The Morgan fingerprint density at radius 3 is 1.81 bits per heavy atom. The van der Waals surface area contributed by atoms with Crippen LogP contribution in [0.25, 0.3) is 12.2 Å². The Bertz CT molecular complexity index is 3520. The number of carbonyl (C=O) groups is 2. The Hall–Kier alpha value is -9.50. The molecule has 1 atom stereocenters. The summed E-state index contributed by atoms with van der Waals surface area (Å²) in [5.74, 6) is 4.19. The predicted octanol–water partition coefficient (Wildman–Crippen LogP) is 13.6. The van der Waals surface area contributed by atoms with Gasteiger partial charge in [0, 0.05) is 51.2 Å². The second-order valence-corrected chi connectivity index (χ2v) is 19.3. The van der Waals surface area contributed by atoms with Crippen molar-refractivity contribution < 1.29 is 57.6 Å². The van der Waals surface area contributed by atoms with Gasteiger partial charge in [-0.25, -0.2) is 4.79 Å². The third-order valence-electron chi connectivity index (χ3n) is 14.5. The van der Waals surface area contributed by atoms with Crippen molar-refractivity contribution in [2.24, 2.45) is 0 Å². The molecule has 0 saturated heterocycles. The van der Waals surface area contributed by atoms with Crippen LogP contribution in [0.1, 0.15) is 78.1 Å². The van der Waals surface area contributed by atoms with Crippen molar-refractivity contribution in [1.82, 2.24) is 0 Å². The van der Waals surface area contributed by atoms with Gasteiger partial charge in [0.05, 0.1) is 34.0 Å². The number of allylic oxidation sites excluding steroid dienone is 1. The molecule has 0 aliphatic heterocycles. The summed E-state index contributed by atoms with van der Waals surface area (Å²) in [6.07, 6.45) is 12.7. The summed E-state index contributed by atoms with van der Waals surface area (Å²) < 4.78 is 33.3. The fourth-order valence-corrected chi connectivity index (χ4v) is 10.5. The maximum Gasteiger partial charge on any atom is 0.343 e. The van der Waals surface area contributed by atoms with E-state index in [0.717, 1.165) is 59.6 Å². The van der Waals surface area contributed by atoms with Gasteiger partial charge in [0.25, 0.3) is 5.91 Å². The average Bonchev–Trinajstić information content (AvgIpc) is 3.72. The van der Waals surface area contributed by atoms with E-state index >= 15 is 0 Å². The number of fused-ring (bicyclic) bond motifs is 4. The monoisotopic (exact) mass is 1090 g/mol. The van der Waals surface area contributed by atoms with Gasteiger partial charge in [-0.05, 0) is 175 Å². The molecule has 14 heteroatoms. The highest BCUT2D eigenvalue weighted by Gasteiger charge is 2.48. The molecule has 8 aromatic carbocycles. The van der Waals surface area contributed by atoms with Crippen LogP contribution < -0.4 is 48.8 Å². The quantitative estimate of drug-likeness (QED) is 0.0148. The Balaban J connectivity index is 0.712. The number of anilines is 2. The van der Waals surface area contributed by atoms with E-state index < -0.39 is 5.97 Å². The number of esters is 1. The zero-order valence-electron chi connectivity index (χ0n) is 45.5. The second kappa shape index (κ2) is 26.0. The van der Waals surface area contributed by atoms with E-state index in [2.05, 4.69) is 47.1 Å². The van der Waals surface area contributed by atoms with Crippen molar-refractivity contribution in [2.45, 2.75) is 44.1 Å². The average molecular weight is 1090 g/mol. The van der Waals surface area contributed by atoms with Crippen molar-refractivity contribution in [2.75, 3.05) is 52.4 Å². The van der Waals surface area contributed by atoms with Gasteiger partial charge in [-0.3, -0.25) is 4.79 Å². The number of hydrogen-bond acceptors (Lipinski definition) is 13. The molecule has 1 amide bonds. The fourth-order valence-electron chi connectivity index (χ4n) is 10.5. The molecule has 1 spiro atoms. The fraction of sp³-hybridized carbons (Fsp3) is 0.194. The standard InChI is InChI=1S/C67H62N2O12/c1-72-55-26-16-45(17-27-55)43-78-80-59-34-32-57(33-35-59)76-44-68-53-24-18-47(61(41-53)74-3)14-8-40-77-81-60-15-7-13-50-37-39-67(64(50)60)38-36-49-12-6-11-48(63(49)67)10-5-9-46-19-25-54(42-62(46)75-4)69-65(70)51-20-30-58(31-21-51)79-66(71)52-22-28-56(73-2)29-23-52/h5-9,11-35,41-42,68H,10,36-40,43-44H2,1-4H3,(H,69,70)/b9-5+,14-8+. The highest BCUT2D eigenvalue weighted by molar-refractivity contribution is 6.04. The zero-order chi connectivity index (χ0) is 56.0. The van der Waals surface area contributed by atoms with Gasteiger partial charge in [-0.15, -0.1) is 0 Å². The van der Waals surface area contributed by atoms with Gasteiger partial charge in [-0.1, -0.05) is 66.8 Å². The SMILES string of the molecule is COc1ccc(COOc2ccc(OCNc3ccc(/C=C/COOc4cccc5c4C4(CCc6cccc(C/C=C/c7ccc(NC(=O)c8ccc(OC(=O)c9ccc(OC)cc9)cc8)cc7OC)c64)CC5)c(OC)c3)cc2)cc1. The first-order valence-electron chi connectivity index (χ1n) is 26.6. The zero-order valence-corrected chi connectivity index (χ0v) is 45.5. The lowest BCUT2D eigenvalue weighted by Crippen LogP contribution is -2.24. The van der Waals surface area contributed by atoms with Gasteiger partial charge < -0.3 is 48.8 Å². The number of methoxy groups -OCH3 is 4. The molecule has 10 rings (SSSR count). The highest BCUT2D eigenvalue weighted by atomic mass is 17.2. The van der Waals surface area contributed by atoms with Crippen LogP contribution in [0.15, 0.2) is 182 Å². The molecule has 412 valence electrons. The number of nitrogens with one attached hydrogen (secondary N) is 2. The molecule has 0 bridgehead atoms. The first-order chi connectivity index (χ1) is 39.7. The Labute approximate surface area is 471 Å². The van der Waals surface area contributed by atoms with Gasteiger partial charge in [-0.2, -0.15) is 9.78 Å². The highest BCUT2D eigenvalue weighted by Crippen LogP contribution is 2.56. The van der Waals surface area contributed by atoms with Gasteiger partial charge in [0.2, 0.25) is 0 Å². The Morgan fingerprint density at radius 1 is 0.531 bits per heavy atom. The number of hydrogen-bond donors (Lipinski definition) is 2. The van der Waals surface area contributed by atoms with Gasteiger partial charge >= 0.3 is 5.97 Å². The number of amides is 1. The Kier molecular flexibility index (Phi) is 17.6. The van der Waals surface area contributed by atoms with Gasteiger partial charge in [0.1, 0.15) is 47.7 Å². The molecule has 0 radical (unpaired) electrons. The van der Waals surface area contributed by atoms with Crippen LogP contribution >= 0.6 is 0 Å². The number of benzene rings is 8. The molecule has 1 unspecified atom stereocenters. The lowest BCUT2D eigenvalue weighted by molar-refractivity contribution is -0.217. The summed E-state index contributed by atoms with van der Waals surface area (Å²) in [6.45, 7) is 0.752. The molecule has 14 nitrogen and oxygen atoms in total. The summed E-state index contributed by atoms with van der Waals surface area (Å²) in [4.78, 5) is 48.9. The lowest BCUT2D eigenvalue weighted by atomic mass is 9.74. The smallest absolute Gasteiger partial charge is 0.343 e. The van der Waals surface area contributed by atoms with E-state index in [4.69, 9.17) is 48.0 Å². The number of ether oxygens (including phenoxy) is 6. The van der Waals surface area contributed by atoms with Crippen LogP contribution in [-0.4, -0.2) is 53.7 Å². The summed E-state index contributed by atoms with van der Waals surface area (Å²) >= 11 is 0. The molecule has 2 aliphatic rings. The minimum atomic E-state index is -0.513. The number of rotatable bonds is 24. The summed E-state index contributed by atoms with van der Waals surface area (Å²) in [7, 11) is 6.45. The molecule has 0 saturated carbocycles. The van der Waals surface area contributed by atoms with Gasteiger partial charge in [0.15, 0.2) is 18.2 Å². The molecular formula is C67H62N2O12. The first kappa shape index (κ1) is 54.8. The molecule has 0 aromatic heterocycles. The normalized spacial score (nSPS) is 14.1. The maximum atomic E-state index is 13.3. The lowest BCUT2D eigenvalue weighted by Gasteiger charge is -2.30. The third kappa shape index (κ3) is 13.2. The molecule has 2 aliphatic carbocycles. The topological polar surface area (TPSA) is 150 Å². The van der Waals surface area contributed by atoms with Crippen LogP contribution in [0.4, 0.5) is 11.4 Å². The van der Waals surface area contributed by atoms with E-state index in [0.29, 0.717) is 64.3 Å². The van der Waals surface area contributed by atoms with Crippen molar-refractivity contribution >= 4 is 35.4 Å². The van der Waals surface area contributed by atoms with Crippen LogP contribution in [-0.2, 0) is 41.1 Å². The number of carbonyl (C=O) groups excluding carboxylic acids is 2. The van der Waals surface area contributed by atoms with Crippen LogP contribution in [0.3, 0.4) is 0 Å². The van der Waals surface area contributed by atoms with Crippen molar-refractivity contribution in [1.29, 1.82) is 0 Å². The van der Waals surface area contributed by atoms with Crippen LogP contribution in [0.5, 0.6) is 46.0 Å². The third-order valence-corrected chi connectivity index (χ3v) is 14.5. The summed E-state index contributed by atoms with van der Waals surface area (Å²) in [6, 6.07) is 52.2. The van der Waals surface area contributed by atoms with E-state index in [-0.39, 0.29) is 24.7 Å². The van der Waals surface area contributed by atoms with Crippen molar-refractivity contribution in [3.8, 4) is 46.0 Å². The largest absolute Gasteiger partial charge is 0.497 e. The molecule has 8 aromatic rings. The van der Waals surface area contributed by atoms with Crippen LogP contribution in [0.2, 0.25) is 0 Å². The molecular weight excluding hydrogens is 1020 g/mol. The summed E-state index contributed by atoms with van der Waals surface area (Å²) in [5, 5.41) is 6.25. The minimum absolute atomic E-state index is 0.202. The molecule has 2 N–H and O–H groups in total.